The molecule has 0 fully saturated rings. The smallest absolute Gasteiger partial charge is 0.224 e. The fraction of sp³-hybridized carbons (Fsp3) is 0.250. The molecule has 0 atom stereocenters. The van der Waals surface area contributed by atoms with E-state index in [1.807, 2.05) is 18.9 Å². The SMILES string of the molecule is CCN(C)c1cc(Oc2cc(C#N)ccc2-c2ncc(CN)cn2)nc(C)n1. The molecule has 0 spiro atoms. The molecule has 0 saturated heterocycles. The molecule has 0 bridgehead atoms. The number of nitrogens with two attached hydrogens (primary N) is 1. The normalized spacial score (nSPS) is 10.4. The third-order valence-electron chi connectivity index (χ3n) is 4.17. The van der Waals surface area contributed by atoms with Gasteiger partial charge in [0.15, 0.2) is 5.82 Å². The summed E-state index contributed by atoms with van der Waals surface area (Å²) in [5, 5.41) is 9.27. The van der Waals surface area contributed by atoms with Crippen LogP contribution in [-0.2, 0) is 6.54 Å². The Labute approximate surface area is 163 Å². The first kappa shape index (κ1) is 19.2. The summed E-state index contributed by atoms with van der Waals surface area (Å²) in [7, 11) is 1.94. The Kier molecular flexibility index (Phi) is 5.77. The third-order valence-corrected chi connectivity index (χ3v) is 4.17. The highest BCUT2D eigenvalue weighted by molar-refractivity contribution is 5.66. The summed E-state index contributed by atoms with van der Waals surface area (Å²) in [4.78, 5) is 19.5. The molecular formula is C20H21N7O. The number of ether oxygens (including phenoxy) is 1. The van der Waals surface area contributed by atoms with E-state index in [9.17, 15) is 5.26 Å². The van der Waals surface area contributed by atoms with Gasteiger partial charge in [-0.05, 0) is 32.0 Å². The van der Waals surface area contributed by atoms with Crippen molar-refractivity contribution in [2.24, 2.45) is 5.73 Å². The highest BCUT2D eigenvalue weighted by atomic mass is 16.5. The average Bonchev–Trinajstić information content (AvgIpc) is 2.72. The van der Waals surface area contributed by atoms with E-state index in [1.54, 1.807) is 43.6 Å². The molecule has 3 rings (SSSR count). The predicted octanol–water partition coefficient (Wildman–Crippen LogP) is 2.82. The molecule has 8 heteroatoms. The van der Waals surface area contributed by atoms with E-state index in [1.165, 1.54) is 0 Å². The minimum atomic E-state index is 0.366. The van der Waals surface area contributed by atoms with Gasteiger partial charge in [0.1, 0.15) is 17.4 Å². The maximum atomic E-state index is 9.27. The number of anilines is 1. The van der Waals surface area contributed by atoms with Crippen LogP contribution in [0.15, 0.2) is 36.7 Å². The largest absolute Gasteiger partial charge is 0.438 e. The monoisotopic (exact) mass is 375 g/mol. The van der Waals surface area contributed by atoms with Crippen molar-refractivity contribution in [3.05, 3.63) is 53.6 Å². The first-order valence-electron chi connectivity index (χ1n) is 8.84. The first-order chi connectivity index (χ1) is 13.5. The molecule has 2 heterocycles. The lowest BCUT2D eigenvalue weighted by molar-refractivity contribution is 0.461. The van der Waals surface area contributed by atoms with Crippen LogP contribution >= 0.6 is 0 Å². The lowest BCUT2D eigenvalue weighted by Gasteiger charge is -2.17. The Morgan fingerprint density at radius 3 is 2.57 bits per heavy atom. The van der Waals surface area contributed by atoms with Crippen molar-refractivity contribution in [1.82, 2.24) is 19.9 Å². The van der Waals surface area contributed by atoms with Gasteiger partial charge in [-0.15, -0.1) is 0 Å². The molecular weight excluding hydrogens is 354 g/mol. The van der Waals surface area contributed by atoms with Crippen LogP contribution in [0.25, 0.3) is 11.4 Å². The van der Waals surface area contributed by atoms with E-state index in [-0.39, 0.29) is 0 Å². The van der Waals surface area contributed by atoms with E-state index in [4.69, 9.17) is 10.5 Å². The van der Waals surface area contributed by atoms with Crippen molar-refractivity contribution >= 4 is 5.82 Å². The number of aromatic nitrogens is 4. The van der Waals surface area contributed by atoms with Crippen LogP contribution < -0.4 is 15.4 Å². The molecule has 2 N–H and O–H groups in total. The zero-order valence-corrected chi connectivity index (χ0v) is 16.0. The Morgan fingerprint density at radius 2 is 1.93 bits per heavy atom. The topological polar surface area (TPSA) is 114 Å². The summed E-state index contributed by atoms with van der Waals surface area (Å²) in [5.74, 6) is 2.66. The second-order valence-electron chi connectivity index (χ2n) is 6.17. The van der Waals surface area contributed by atoms with E-state index in [2.05, 4.69) is 26.0 Å². The molecule has 0 aliphatic carbocycles. The van der Waals surface area contributed by atoms with Crippen LogP contribution in [0, 0.1) is 18.3 Å². The molecule has 0 aliphatic rings. The van der Waals surface area contributed by atoms with Crippen LogP contribution in [0.3, 0.4) is 0 Å². The van der Waals surface area contributed by atoms with Gasteiger partial charge in [0.25, 0.3) is 0 Å². The summed E-state index contributed by atoms with van der Waals surface area (Å²) >= 11 is 0. The summed E-state index contributed by atoms with van der Waals surface area (Å²) < 4.78 is 6.05. The van der Waals surface area contributed by atoms with Crippen molar-refractivity contribution in [3.8, 4) is 29.1 Å². The van der Waals surface area contributed by atoms with Gasteiger partial charge in [0, 0.05) is 44.2 Å². The molecule has 0 unspecified atom stereocenters. The Hall–Kier alpha value is -3.57. The minimum Gasteiger partial charge on any atom is -0.438 e. The zero-order chi connectivity index (χ0) is 20.1. The van der Waals surface area contributed by atoms with E-state index in [0.717, 1.165) is 17.9 Å². The number of nitrogens with zero attached hydrogens (tertiary/aromatic N) is 6. The predicted molar refractivity (Wildman–Crippen MR) is 106 cm³/mol. The number of hydrogen-bond donors (Lipinski definition) is 1. The summed E-state index contributed by atoms with van der Waals surface area (Å²) in [5.41, 5.74) is 7.57. The molecule has 3 aromatic rings. The van der Waals surface area contributed by atoms with Crippen molar-refractivity contribution in [2.75, 3.05) is 18.5 Å². The molecule has 0 radical (unpaired) electrons. The zero-order valence-electron chi connectivity index (χ0n) is 16.0. The molecule has 0 aliphatic heterocycles. The molecule has 1 aromatic carbocycles. The highest BCUT2D eigenvalue weighted by Crippen LogP contribution is 2.32. The van der Waals surface area contributed by atoms with Crippen LogP contribution in [0.2, 0.25) is 0 Å². The van der Waals surface area contributed by atoms with Gasteiger partial charge in [0.2, 0.25) is 5.88 Å². The fourth-order valence-corrected chi connectivity index (χ4v) is 2.51. The van der Waals surface area contributed by atoms with Crippen molar-refractivity contribution in [3.63, 3.8) is 0 Å². The average molecular weight is 375 g/mol. The van der Waals surface area contributed by atoms with Crippen LogP contribution in [0.5, 0.6) is 11.6 Å². The number of rotatable bonds is 6. The van der Waals surface area contributed by atoms with Gasteiger partial charge in [-0.25, -0.2) is 15.0 Å². The van der Waals surface area contributed by atoms with E-state index < -0.39 is 0 Å². The van der Waals surface area contributed by atoms with Gasteiger partial charge in [-0.2, -0.15) is 10.2 Å². The van der Waals surface area contributed by atoms with Gasteiger partial charge in [-0.1, -0.05) is 0 Å². The lowest BCUT2D eigenvalue weighted by atomic mass is 10.1. The summed E-state index contributed by atoms with van der Waals surface area (Å²) in [6.45, 7) is 5.01. The molecule has 8 nitrogen and oxygen atoms in total. The van der Waals surface area contributed by atoms with Gasteiger partial charge < -0.3 is 15.4 Å². The van der Waals surface area contributed by atoms with Crippen molar-refractivity contribution in [2.45, 2.75) is 20.4 Å². The Morgan fingerprint density at radius 1 is 1.18 bits per heavy atom. The molecule has 142 valence electrons. The van der Waals surface area contributed by atoms with Crippen LogP contribution in [0.1, 0.15) is 23.9 Å². The third kappa shape index (κ3) is 4.22. The van der Waals surface area contributed by atoms with Crippen molar-refractivity contribution in [1.29, 1.82) is 5.26 Å². The van der Waals surface area contributed by atoms with Gasteiger partial charge in [0.05, 0.1) is 17.2 Å². The van der Waals surface area contributed by atoms with Gasteiger partial charge >= 0.3 is 0 Å². The van der Waals surface area contributed by atoms with Crippen LogP contribution in [-0.4, -0.2) is 33.5 Å². The summed E-state index contributed by atoms with van der Waals surface area (Å²) in [6, 6.07) is 8.99. The maximum absolute atomic E-state index is 9.27. The maximum Gasteiger partial charge on any atom is 0.224 e. The molecule has 2 aromatic heterocycles. The quantitative estimate of drug-likeness (QED) is 0.699. The summed E-state index contributed by atoms with van der Waals surface area (Å²) in [6.07, 6.45) is 3.35. The second kappa shape index (κ2) is 8.41. The number of nitriles is 1. The fourth-order valence-electron chi connectivity index (χ4n) is 2.51. The number of aryl methyl sites for hydroxylation is 1. The highest BCUT2D eigenvalue weighted by Gasteiger charge is 2.14. The number of hydrogen-bond acceptors (Lipinski definition) is 8. The number of benzene rings is 1. The van der Waals surface area contributed by atoms with Crippen LogP contribution in [0.4, 0.5) is 5.82 Å². The molecule has 0 amide bonds. The Balaban J connectivity index is 2.03. The van der Waals surface area contributed by atoms with E-state index >= 15 is 0 Å². The minimum absolute atomic E-state index is 0.366. The standard InChI is InChI=1S/C20H21N7O/c1-4-27(3)18-8-19(26-13(2)25-18)28-17-7-14(9-21)5-6-16(17)20-23-11-15(10-22)12-24-20/h5-8,11-12H,4,10,22H2,1-3H3. The molecule has 28 heavy (non-hydrogen) atoms. The Bertz CT molecular complexity index is 1010. The van der Waals surface area contributed by atoms with Gasteiger partial charge in [-0.3, -0.25) is 0 Å². The van der Waals surface area contributed by atoms with E-state index in [0.29, 0.717) is 40.9 Å². The first-order valence-corrected chi connectivity index (χ1v) is 8.84. The van der Waals surface area contributed by atoms with Crippen molar-refractivity contribution < 1.29 is 4.74 Å². The second-order valence-corrected chi connectivity index (χ2v) is 6.17. The molecule has 0 saturated carbocycles. The lowest BCUT2D eigenvalue weighted by Crippen LogP contribution is -2.17.